The predicted octanol–water partition coefficient (Wildman–Crippen LogP) is 3.88. The van der Waals surface area contributed by atoms with Crippen LogP contribution in [0.3, 0.4) is 0 Å². The molecule has 0 atom stereocenters. The van der Waals surface area contributed by atoms with Gasteiger partial charge in [0.2, 0.25) is 0 Å². The molecule has 0 spiro atoms. The minimum absolute atomic E-state index is 0.480. The van der Waals surface area contributed by atoms with Gasteiger partial charge in [0.05, 0.1) is 11.2 Å². The number of H-pyrrole nitrogens is 1. The third kappa shape index (κ3) is 1.55. The number of nitrogens with one attached hydrogen (secondary N) is 1. The second kappa shape index (κ2) is 4.21. The van der Waals surface area contributed by atoms with Crippen LogP contribution in [0.4, 0.5) is 0 Å². The number of nitrogens with zero attached hydrogens (tertiary/aromatic N) is 2. The molecule has 0 saturated heterocycles. The van der Waals surface area contributed by atoms with Crippen molar-refractivity contribution in [3.05, 3.63) is 40.8 Å². The minimum atomic E-state index is 0.480. The van der Waals surface area contributed by atoms with E-state index in [0.717, 1.165) is 57.9 Å². The fourth-order valence-electron chi connectivity index (χ4n) is 3.08. The SMILES string of the molecule is O/N=C1\CCCc2[nH]c3c(ccc4cnc(Cl)cc43)c21. The van der Waals surface area contributed by atoms with Crippen molar-refractivity contribution in [1.82, 2.24) is 9.97 Å². The van der Waals surface area contributed by atoms with E-state index in [9.17, 15) is 5.21 Å². The third-order valence-electron chi connectivity index (χ3n) is 3.97. The van der Waals surface area contributed by atoms with Crippen molar-refractivity contribution in [3.8, 4) is 0 Å². The Kier molecular flexibility index (Phi) is 2.47. The van der Waals surface area contributed by atoms with Gasteiger partial charge in [0.25, 0.3) is 0 Å². The highest BCUT2D eigenvalue weighted by Crippen LogP contribution is 2.34. The number of aromatic amines is 1. The van der Waals surface area contributed by atoms with Crippen molar-refractivity contribution >= 4 is 39.0 Å². The Labute approximate surface area is 120 Å². The van der Waals surface area contributed by atoms with E-state index < -0.39 is 0 Å². The number of halogens is 1. The van der Waals surface area contributed by atoms with E-state index in [1.54, 1.807) is 6.20 Å². The van der Waals surface area contributed by atoms with Crippen molar-refractivity contribution < 1.29 is 5.21 Å². The highest BCUT2D eigenvalue weighted by Gasteiger charge is 2.22. The largest absolute Gasteiger partial charge is 0.411 e. The summed E-state index contributed by atoms with van der Waals surface area (Å²) in [6.07, 6.45) is 4.56. The van der Waals surface area contributed by atoms with Crippen molar-refractivity contribution in [3.63, 3.8) is 0 Å². The Morgan fingerprint density at radius 1 is 1.25 bits per heavy atom. The molecule has 0 aliphatic heterocycles. The monoisotopic (exact) mass is 285 g/mol. The average Bonchev–Trinajstić information content (AvgIpc) is 2.86. The lowest BCUT2D eigenvalue weighted by atomic mass is 9.93. The van der Waals surface area contributed by atoms with Crippen LogP contribution < -0.4 is 0 Å². The van der Waals surface area contributed by atoms with E-state index in [4.69, 9.17) is 11.6 Å². The fourth-order valence-corrected chi connectivity index (χ4v) is 3.24. The maximum absolute atomic E-state index is 9.22. The summed E-state index contributed by atoms with van der Waals surface area (Å²) in [5.41, 5.74) is 3.99. The Morgan fingerprint density at radius 2 is 2.15 bits per heavy atom. The number of aromatic nitrogens is 2. The molecule has 1 aliphatic rings. The maximum atomic E-state index is 9.22. The number of rotatable bonds is 0. The molecule has 0 radical (unpaired) electrons. The highest BCUT2D eigenvalue weighted by atomic mass is 35.5. The Bertz CT molecular complexity index is 866. The molecule has 4 nitrogen and oxygen atoms in total. The van der Waals surface area contributed by atoms with Gasteiger partial charge in [-0.3, -0.25) is 0 Å². The van der Waals surface area contributed by atoms with Crippen LogP contribution in [0.25, 0.3) is 21.7 Å². The third-order valence-corrected chi connectivity index (χ3v) is 4.17. The van der Waals surface area contributed by atoms with Crippen LogP contribution in [0.2, 0.25) is 5.15 Å². The van der Waals surface area contributed by atoms with Gasteiger partial charge in [-0.25, -0.2) is 4.98 Å². The van der Waals surface area contributed by atoms with Crippen LogP contribution in [0.5, 0.6) is 0 Å². The minimum Gasteiger partial charge on any atom is -0.411 e. The molecule has 4 rings (SSSR count). The molecule has 20 heavy (non-hydrogen) atoms. The first-order valence-corrected chi connectivity index (χ1v) is 6.96. The number of oxime groups is 1. The molecular formula is C15H12ClN3O. The molecule has 1 aromatic carbocycles. The highest BCUT2D eigenvalue weighted by molar-refractivity contribution is 6.30. The lowest BCUT2D eigenvalue weighted by Crippen LogP contribution is -2.10. The summed E-state index contributed by atoms with van der Waals surface area (Å²) in [6, 6.07) is 5.95. The molecule has 0 amide bonds. The van der Waals surface area contributed by atoms with Crippen molar-refractivity contribution in [1.29, 1.82) is 0 Å². The number of hydrogen-bond donors (Lipinski definition) is 2. The van der Waals surface area contributed by atoms with E-state index in [1.807, 2.05) is 12.1 Å². The molecule has 1 aliphatic carbocycles. The number of pyridine rings is 1. The van der Waals surface area contributed by atoms with E-state index in [1.165, 1.54) is 0 Å². The summed E-state index contributed by atoms with van der Waals surface area (Å²) in [5.74, 6) is 0. The van der Waals surface area contributed by atoms with Crippen LogP contribution in [0.15, 0.2) is 29.6 Å². The quantitative estimate of drug-likeness (QED) is 0.374. The van der Waals surface area contributed by atoms with Gasteiger partial charge in [-0.05, 0) is 25.3 Å². The number of fused-ring (bicyclic) bond motifs is 5. The smallest absolute Gasteiger partial charge is 0.129 e. The normalized spacial score (nSPS) is 16.9. The first-order chi connectivity index (χ1) is 9.78. The summed E-state index contributed by atoms with van der Waals surface area (Å²) in [4.78, 5) is 7.59. The summed E-state index contributed by atoms with van der Waals surface area (Å²) in [5, 5.41) is 16.3. The Hall–Kier alpha value is -2.07. The van der Waals surface area contributed by atoms with Crippen LogP contribution >= 0.6 is 11.6 Å². The maximum Gasteiger partial charge on any atom is 0.129 e. The van der Waals surface area contributed by atoms with E-state index in [-0.39, 0.29) is 0 Å². The van der Waals surface area contributed by atoms with Gasteiger partial charge in [-0.2, -0.15) is 0 Å². The summed E-state index contributed by atoms with van der Waals surface area (Å²) in [7, 11) is 0. The molecule has 3 aromatic rings. The Morgan fingerprint density at radius 3 is 3.00 bits per heavy atom. The van der Waals surface area contributed by atoms with Crippen LogP contribution in [-0.4, -0.2) is 20.9 Å². The zero-order chi connectivity index (χ0) is 13.7. The number of hydrogen-bond acceptors (Lipinski definition) is 3. The zero-order valence-electron chi connectivity index (χ0n) is 10.7. The molecule has 0 fully saturated rings. The van der Waals surface area contributed by atoms with Gasteiger partial charge in [0.1, 0.15) is 5.15 Å². The van der Waals surface area contributed by atoms with E-state index >= 15 is 0 Å². The first-order valence-electron chi connectivity index (χ1n) is 6.58. The predicted molar refractivity (Wildman–Crippen MR) is 79.9 cm³/mol. The molecule has 100 valence electrons. The van der Waals surface area contributed by atoms with Gasteiger partial charge in [-0.1, -0.05) is 28.9 Å². The van der Waals surface area contributed by atoms with Crippen LogP contribution in [0.1, 0.15) is 24.1 Å². The molecule has 2 aromatic heterocycles. The molecule has 0 saturated carbocycles. The van der Waals surface area contributed by atoms with Gasteiger partial charge in [0, 0.05) is 33.6 Å². The Balaban J connectivity index is 2.15. The fraction of sp³-hybridized carbons (Fsp3) is 0.200. The van der Waals surface area contributed by atoms with E-state index in [0.29, 0.717) is 5.15 Å². The number of benzene rings is 1. The molecule has 2 heterocycles. The second-order valence-electron chi connectivity index (χ2n) is 5.10. The second-order valence-corrected chi connectivity index (χ2v) is 5.48. The van der Waals surface area contributed by atoms with Crippen molar-refractivity contribution in [2.75, 3.05) is 0 Å². The molecule has 2 N–H and O–H groups in total. The van der Waals surface area contributed by atoms with Gasteiger partial charge in [0.15, 0.2) is 0 Å². The van der Waals surface area contributed by atoms with Crippen molar-refractivity contribution in [2.45, 2.75) is 19.3 Å². The average molecular weight is 286 g/mol. The molecule has 0 bridgehead atoms. The van der Waals surface area contributed by atoms with E-state index in [2.05, 4.69) is 21.2 Å². The van der Waals surface area contributed by atoms with Crippen LogP contribution in [-0.2, 0) is 6.42 Å². The first kappa shape index (κ1) is 11.7. The number of aryl methyl sites for hydroxylation is 1. The zero-order valence-corrected chi connectivity index (χ0v) is 11.4. The van der Waals surface area contributed by atoms with Gasteiger partial charge in [-0.15, -0.1) is 0 Å². The summed E-state index contributed by atoms with van der Waals surface area (Å²) in [6.45, 7) is 0. The summed E-state index contributed by atoms with van der Waals surface area (Å²) >= 11 is 6.01. The lowest BCUT2D eigenvalue weighted by molar-refractivity contribution is 0.317. The van der Waals surface area contributed by atoms with Gasteiger partial charge < -0.3 is 10.2 Å². The topological polar surface area (TPSA) is 61.3 Å². The van der Waals surface area contributed by atoms with Crippen molar-refractivity contribution in [2.24, 2.45) is 5.16 Å². The van der Waals surface area contributed by atoms with Crippen LogP contribution in [0, 0.1) is 0 Å². The standard InChI is InChI=1S/C15H12ClN3O/c16-13-6-10-8(7-17-13)4-5-9-14-11(18-15(9)10)2-1-3-12(14)19-20/h4-7,18,20H,1-3H2/b19-12+. The molecule has 5 heteroatoms. The molecule has 0 unspecified atom stereocenters. The molecular weight excluding hydrogens is 274 g/mol. The lowest BCUT2D eigenvalue weighted by Gasteiger charge is -2.12. The summed E-state index contributed by atoms with van der Waals surface area (Å²) < 4.78 is 0. The van der Waals surface area contributed by atoms with Gasteiger partial charge >= 0.3 is 0 Å².